The second-order valence-corrected chi connectivity index (χ2v) is 10.4. The quantitative estimate of drug-likeness (QED) is 0.517. The lowest BCUT2D eigenvalue weighted by Gasteiger charge is -2.31. The maximum Gasteiger partial charge on any atom is 0.240 e. The zero-order valence-corrected chi connectivity index (χ0v) is 19.1. The van der Waals surface area contributed by atoms with E-state index in [1.807, 2.05) is 6.07 Å². The maximum absolute atomic E-state index is 13.7. The Kier molecular flexibility index (Phi) is 7.59. The predicted octanol–water partition coefficient (Wildman–Crippen LogP) is -0.0296. The van der Waals surface area contributed by atoms with Gasteiger partial charge in [0.1, 0.15) is 11.0 Å². The van der Waals surface area contributed by atoms with Crippen LogP contribution in [0.2, 0.25) is 0 Å². The van der Waals surface area contributed by atoms with Crippen molar-refractivity contribution >= 4 is 44.1 Å². The Balaban J connectivity index is 1.94. The fraction of sp³-hybridized carbons (Fsp3) is 0.400. The SMILES string of the molecule is CC(C(N)=O)N(C(=O)C(Cc1ccccc1)CS(=O)(=O)N1CCNC(=O)C1)c1cncs1. The number of carbonyl (C=O) groups is 3. The highest BCUT2D eigenvalue weighted by Gasteiger charge is 2.37. The Bertz CT molecular complexity index is 1060. The van der Waals surface area contributed by atoms with Crippen LogP contribution in [0.15, 0.2) is 42.0 Å². The normalized spacial score (nSPS) is 16.7. The van der Waals surface area contributed by atoms with Crippen LogP contribution < -0.4 is 16.0 Å². The number of nitrogens with one attached hydrogen (secondary N) is 1. The number of nitrogens with zero attached hydrogens (tertiary/aromatic N) is 3. The molecule has 0 bridgehead atoms. The molecule has 2 aromatic rings. The molecule has 1 fully saturated rings. The third-order valence-electron chi connectivity index (χ3n) is 5.18. The molecular formula is C20H25N5O5S2. The van der Waals surface area contributed by atoms with Gasteiger partial charge in [0.15, 0.2) is 0 Å². The fourth-order valence-electron chi connectivity index (χ4n) is 3.47. The lowest BCUT2D eigenvalue weighted by molar-refractivity contribution is -0.126. The van der Waals surface area contributed by atoms with Crippen LogP contribution in [-0.4, -0.2) is 66.9 Å². The summed E-state index contributed by atoms with van der Waals surface area (Å²) in [6.07, 6.45) is 1.57. The zero-order chi connectivity index (χ0) is 23.3. The van der Waals surface area contributed by atoms with Crippen molar-refractivity contribution in [1.82, 2.24) is 14.6 Å². The van der Waals surface area contributed by atoms with Crippen molar-refractivity contribution in [3.8, 4) is 0 Å². The highest BCUT2D eigenvalue weighted by Crippen LogP contribution is 2.26. The number of thiazole rings is 1. The van der Waals surface area contributed by atoms with E-state index in [-0.39, 0.29) is 32.0 Å². The number of nitrogens with two attached hydrogens (primary N) is 1. The van der Waals surface area contributed by atoms with Gasteiger partial charge in [0.2, 0.25) is 27.7 Å². The second kappa shape index (κ2) is 10.2. The van der Waals surface area contributed by atoms with E-state index in [2.05, 4.69) is 10.3 Å². The van der Waals surface area contributed by atoms with E-state index >= 15 is 0 Å². The molecule has 2 heterocycles. The summed E-state index contributed by atoms with van der Waals surface area (Å²) in [6.45, 7) is 1.55. The first kappa shape index (κ1) is 23.8. The highest BCUT2D eigenvalue weighted by atomic mass is 32.2. The van der Waals surface area contributed by atoms with Crippen molar-refractivity contribution in [3.05, 3.63) is 47.6 Å². The van der Waals surface area contributed by atoms with Crippen molar-refractivity contribution in [1.29, 1.82) is 0 Å². The van der Waals surface area contributed by atoms with Crippen molar-refractivity contribution in [2.75, 3.05) is 30.3 Å². The van der Waals surface area contributed by atoms with Gasteiger partial charge in [-0.15, -0.1) is 11.3 Å². The molecule has 3 rings (SSSR count). The van der Waals surface area contributed by atoms with Crippen molar-refractivity contribution in [3.63, 3.8) is 0 Å². The summed E-state index contributed by atoms with van der Waals surface area (Å²) in [4.78, 5) is 42.5. The number of benzene rings is 1. The Labute approximate surface area is 190 Å². The summed E-state index contributed by atoms with van der Waals surface area (Å²) < 4.78 is 27.3. The monoisotopic (exact) mass is 479 g/mol. The van der Waals surface area contributed by atoms with Gasteiger partial charge in [0, 0.05) is 13.1 Å². The van der Waals surface area contributed by atoms with E-state index in [4.69, 9.17) is 5.73 Å². The van der Waals surface area contributed by atoms with Crippen molar-refractivity contribution in [2.45, 2.75) is 19.4 Å². The number of aromatic nitrogens is 1. The first-order chi connectivity index (χ1) is 15.2. The second-order valence-electron chi connectivity index (χ2n) is 7.47. The minimum Gasteiger partial charge on any atom is -0.368 e. The highest BCUT2D eigenvalue weighted by molar-refractivity contribution is 7.89. The number of hydrogen-bond acceptors (Lipinski definition) is 7. The van der Waals surface area contributed by atoms with E-state index in [1.54, 1.807) is 24.3 Å². The molecule has 1 aromatic heterocycles. The molecule has 0 spiro atoms. The molecule has 1 aliphatic rings. The lowest BCUT2D eigenvalue weighted by Crippen LogP contribution is -2.53. The van der Waals surface area contributed by atoms with E-state index in [0.29, 0.717) is 5.00 Å². The molecule has 1 aliphatic heterocycles. The van der Waals surface area contributed by atoms with Crippen molar-refractivity contribution < 1.29 is 22.8 Å². The molecule has 10 nitrogen and oxygen atoms in total. The number of anilines is 1. The molecule has 32 heavy (non-hydrogen) atoms. The third-order valence-corrected chi connectivity index (χ3v) is 7.87. The van der Waals surface area contributed by atoms with Gasteiger partial charge in [-0.25, -0.2) is 8.42 Å². The first-order valence-electron chi connectivity index (χ1n) is 9.98. The average Bonchev–Trinajstić information content (AvgIpc) is 3.28. The molecule has 0 radical (unpaired) electrons. The number of primary amides is 1. The lowest BCUT2D eigenvalue weighted by atomic mass is 9.99. The van der Waals surface area contributed by atoms with E-state index < -0.39 is 39.6 Å². The number of amides is 3. The molecule has 3 N–H and O–H groups in total. The minimum atomic E-state index is -3.93. The first-order valence-corrected chi connectivity index (χ1v) is 12.5. The Morgan fingerprint density at radius 2 is 2.03 bits per heavy atom. The molecule has 1 saturated heterocycles. The van der Waals surface area contributed by atoms with E-state index in [9.17, 15) is 22.8 Å². The van der Waals surface area contributed by atoms with Crippen LogP contribution in [-0.2, 0) is 30.8 Å². The topological polar surface area (TPSA) is 143 Å². The summed E-state index contributed by atoms with van der Waals surface area (Å²) in [5.41, 5.74) is 7.76. The fourth-order valence-corrected chi connectivity index (χ4v) is 5.85. The number of rotatable bonds is 9. The van der Waals surface area contributed by atoms with Gasteiger partial charge < -0.3 is 11.1 Å². The van der Waals surface area contributed by atoms with Gasteiger partial charge in [-0.3, -0.25) is 24.3 Å². The maximum atomic E-state index is 13.7. The van der Waals surface area contributed by atoms with Crippen molar-refractivity contribution in [2.24, 2.45) is 11.7 Å². The molecular weight excluding hydrogens is 454 g/mol. The molecule has 0 aliphatic carbocycles. The van der Waals surface area contributed by atoms with E-state index in [0.717, 1.165) is 21.2 Å². The molecule has 1 aromatic carbocycles. The van der Waals surface area contributed by atoms with Crippen LogP contribution in [0.4, 0.5) is 5.00 Å². The van der Waals surface area contributed by atoms with Gasteiger partial charge in [-0.05, 0) is 18.9 Å². The molecule has 3 amide bonds. The van der Waals surface area contributed by atoms with Gasteiger partial charge in [-0.2, -0.15) is 4.31 Å². The number of sulfonamides is 1. The molecule has 2 atom stereocenters. The van der Waals surface area contributed by atoms with Crippen LogP contribution in [0.3, 0.4) is 0 Å². The summed E-state index contributed by atoms with van der Waals surface area (Å²) >= 11 is 1.15. The van der Waals surface area contributed by atoms with Crippen LogP contribution in [0, 0.1) is 5.92 Å². The van der Waals surface area contributed by atoms with Crippen LogP contribution in [0.5, 0.6) is 0 Å². The molecule has 172 valence electrons. The summed E-state index contributed by atoms with van der Waals surface area (Å²) in [7, 11) is -3.93. The largest absolute Gasteiger partial charge is 0.368 e. The Morgan fingerprint density at radius 1 is 1.31 bits per heavy atom. The average molecular weight is 480 g/mol. The summed E-state index contributed by atoms with van der Waals surface area (Å²) in [5, 5.41) is 2.98. The third kappa shape index (κ3) is 5.69. The van der Waals surface area contributed by atoms with Gasteiger partial charge in [-0.1, -0.05) is 30.3 Å². The molecule has 12 heteroatoms. The van der Waals surface area contributed by atoms with Crippen LogP contribution >= 0.6 is 11.3 Å². The standard InChI is InChI=1S/C20H25N5O5S2/c1-14(19(21)27)25(18-10-22-13-31-18)20(28)16(9-15-5-3-2-4-6-15)12-32(29,30)24-8-7-23-17(26)11-24/h2-6,10,13-14,16H,7-9,11-12H2,1H3,(H2,21,27)(H,23,26). The zero-order valence-electron chi connectivity index (χ0n) is 17.5. The number of carbonyl (C=O) groups excluding carboxylic acids is 3. The Hall–Kier alpha value is -2.83. The molecule has 0 saturated carbocycles. The Morgan fingerprint density at radius 3 is 2.62 bits per heavy atom. The van der Waals surface area contributed by atoms with Crippen LogP contribution in [0.1, 0.15) is 12.5 Å². The minimum absolute atomic E-state index is 0.135. The summed E-state index contributed by atoms with van der Waals surface area (Å²) in [6, 6.07) is 8.03. The smallest absolute Gasteiger partial charge is 0.240 e. The summed E-state index contributed by atoms with van der Waals surface area (Å²) in [5.74, 6) is -3.17. The number of piperazine rings is 1. The van der Waals surface area contributed by atoms with E-state index in [1.165, 1.54) is 23.5 Å². The van der Waals surface area contributed by atoms with Gasteiger partial charge in [0.25, 0.3) is 0 Å². The number of hydrogen-bond donors (Lipinski definition) is 2. The van der Waals surface area contributed by atoms with Gasteiger partial charge >= 0.3 is 0 Å². The van der Waals surface area contributed by atoms with Gasteiger partial charge in [0.05, 0.1) is 29.9 Å². The van der Waals surface area contributed by atoms with Crippen LogP contribution in [0.25, 0.3) is 0 Å². The molecule has 2 unspecified atom stereocenters. The predicted molar refractivity (Wildman–Crippen MR) is 120 cm³/mol.